The molecule has 2 rings (SSSR count). The van der Waals surface area contributed by atoms with E-state index in [0.717, 1.165) is 22.5 Å². The van der Waals surface area contributed by atoms with Crippen LogP contribution in [0.2, 0.25) is 0 Å². The highest BCUT2D eigenvalue weighted by atomic mass is 16.1. The van der Waals surface area contributed by atoms with E-state index < -0.39 is 0 Å². The van der Waals surface area contributed by atoms with E-state index in [1.165, 1.54) is 0 Å². The third kappa shape index (κ3) is 3.39. The number of carbonyl (C=O) groups excluding carboxylic acids is 1. The number of carbonyl (C=O) groups is 1. The molecule has 1 aromatic carbocycles. The van der Waals surface area contributed by atoms with Crippen molar-refractivity contribution in [1.29, 1.82) is 0 Å². The maximum atomic E-state index is 12.4. The average molecular weight is 299 g/mol. The summed E-state index contributed by atoms with van der Waals surface area (Å²) in [6, 6.07) is 11.9. The number of rotatable bonds is 5. The molecule has 118 valence electrons. The van der Waals surface area contributed by atoms with Crippen LogP contribution in [-0.4, -0.2) is 17.0 Å². The Bertz CT molecular complexity index is 644. The first kappa shape index (κ1) is 16.3. The molecule has 1 amide bonds. The second kappa shape index (κ2) is 6.79. The van der Waals surface area contributed by atoms with Gasteiger partial charge in [-0.15, -0.1) is 0 Å². The van der Waals surface area contributed by atoms with Crippen molar-refractivity contribution in [3.05, 3.63) is 58.9 Å². The Balaban J connectivity index is 2.06. The summed E-state index contributed by atoms with van der Waals surface area (Å²) in [7, 11) is 0. The van der Waals surface area contributed by atoms with Gasteiger partial charge in [-0.05, 0) is 39.3 Å². The first-order valence-electron chi connectivity index (χ1n) is 7.69. The molecule has 0 spiro atoms. The lowest BCUT2D eigenvalue weighted by Gasteiger charge is -2.15. The molecule has 0 aliphatic rings. The molecule has 0 aliphatic heterocycles. The summed E-state index contributed by atoms with van der Waals surface area (Å²) >= 11 is 0. The number of nitrogens with two attached hydrogens (primary N) is 1. The third-order valence-electron chi connectivity index (χ3n) is 3.96. The van der Waals surface area contributed by atoms with Crippen molar-refractivity contribution in [3.63, 3.8) is 0 Å². The fourth-order valence-corrected chi connectivity index (χ4v) is 2.92. The number of amides is 1. The van der Waals surface area contributed by atoms with Crippen molar-refractivity contribution in [3.8, 4) is 0 Å². The van der Waals surface area contributed by atoms with Crippen LogP contribution in [0.15, 0.2) is 36.4 Å². The van der Waals surface area contributed by atoms with Gasteiger partial charge in [-0.25, -0.2) is 0 Å². The lowest BCUT2D eigenvalue weighted by Crippen LogP contribution is -2.32. The lowest BCUT2D eigenvalue weighted by atomic mass is 10.1. The monoisotopic (exact) mass is 299 g/mol. The number of benzene rings is 1. The first-order valence-corrected chi connectivity index (χ1v) is 7.69. The summed E-state index contributed by atoms with van der Waals surface area (Å²) in [5.41, 5.74) is 9.97. The summed E-state index contributed by atoms with van der Waals surface area (Å²) in [5.74, 6) is -0.0635. The summed E-state index contributed by atoms with van der Waals surface area (Å²) in [6.45, 7) is 8.67. The van der Waals surface area contributed by atoms with Gasteiger partial charge in [0.25, 0.3) is 5.91 Å². The first-order chi connectivity index (χ1) is 10.4. The van der Waals surface area contributed by atoms with Crippen LogP contribution in [-0.2, 0) is 0 Å². The summed E-state index contributed by atoms with van der Waals surface area (Å²) < 4.78 is 2.17. The van der Waals surface area contributed by atoms with E-state index in [1.54, 1.807) is 0 Å². The normalized spacial score (nSPS) is 12.5. The standard InChI is InChI=1S/C18H25N3O/c1-12(2)21-13(3)10-16(14(21)4)18(22)20-11-17(19)15-8-6-5-7-9-15/h5-10,12,17H,11,19H2,1-4H3,(H,20,22). The summed E-state index contributed by atoms with van der Waals surface area (Å²) in [6.07, 6.45) is 0. The van der Waals surface area contributed by atoms with Crippen molar-refractivity contribution in [2.75, 3.05) is 6.54 Å². The van der Waals surface area contributed by atoms with Gasteiger partial charge in [-0.2, -0.15) is 0 Å². The molecule has 0 bridgehead atoms. The molecule has 22 heavy (non-hydrogen) atoms. The lowest BCUT2D eigenvalue weighted by molar-refractivity contribution is 0.0950. The second-order valence-electron chi connectivity index (χ2n) is 5.98. The van der Waals surface area contributed by atoms with Crippen molar-refractivity contribution in [2.24, 2.45) is 5.73 Å². The van der Waals surface area contributed by atoms with Gasteiger partial charge in [-0.1, -0.05) is 30.3 Å². The Kier molecular flexibility index (Phi) is 5.03. The maximum Gasteiger partial charge on any atom is 0.253 e. The Morgan fingerprint density at radius 3 is 2.41 bits per heavy atom. The van der Waals surface area contributed by atoms with Crippen LogP contribution in [0.1, 0.15) is 53.2 Å². The van der Waals surface area contributed by atoms with Crippen LogP contribution in [0.3, 0.4) is 0 Å². The molecule has 0 saturated carbocycles. The minimum atomic E-state index is -0.196. The van der Waals surface area contributed by atoms with Gasteiger partial charge in [0, 0.05) is 30.0 Å². The Hall–Kier alpha value is -2.07. The number of nitrogens with zero attached hydrogens (tertiary/aromatic N) is 1. The molecule has 4 nitrogen and oxygen atoms in total. The number of aryl methyl sites for hydroxylation is 1. The maximum absolute atomic E-state index is 12.4. The van der Waals surface area contributed by atoms with Gasteiger partial charge < -0.3 is 15.6 Å². The predicted molar refractivity (Wildman–Crippen MR) is 90.0 cm³/mol. The van der Waals surface area contributed by atoms with E-state index >= 15 is 0 Å². The smallest absolute Gasteiger partial charge is 0.253 e. The van der Waals surface area contributed by atoms with Gasteiger partial charge in [0.2, 0.25) is 0 Å². The van der Waals surface area contributed by atoms with Gasteiger partial charge >= 0.3 is 0 Å². The highest BCUT2D eigenvalue weighted by molar-refractivity contribution is 5.95. The van der Waals surface area contributed by atoms with E-state index in [2.05, 4.69) is 23.7 Å². The molecule has 0 radical (unpaired) electrons. The van der Waals surface area contributed by atoms with Crippen LogP contribution in [0.4, 0.5) is 0 Å². The molecule has 1 atom stereocenters. The van der Waals surface area contributed by atoms with Crippen LogP contribution < -0.4 is 11.1 Å². The SMILES string of the molecule is Cc1cc(C(=O)NCC(N)c2ccccc2)c(C)n1C(C)C. The molecule has 1 aromatic heterocycles. The van der Waals surface area contributed by atoms with Gasteiger partial charge in [0.1, 0.15) is 0 Å². The quantitative estimate of drug-likeness (QED) is 0.891. The topological polar surface area (TPSA) is 60.1 Å². The highest BCUT2D eigenvalue weighted by Gasteiger charge is 2.17. The number of aromatic nitrogens is 1. The molecule has 0 fully saturated rings. The van der Waals surface area contributed by atoms with E-state index in [4.69, 9.17) is 5.73 Å². The van der Waals surface area contributed by atoms with E-state index in [1.807, 2.05) is 50.2 Å². The molecule has 1 unspecified atom stereocenters. The van der Waals surface area contributed by atoms with Gasteiger partial charge in [-0.3, -0.25) is 4.79 Å². The molecule has 3 N–H and O–H groups in total. The molecule has 2 aromatic rings. The number of hydrogen-bond acceptors (Lipinski definition) is 2. The third-order valence-corrected chi connectivity index (χ3v) is 3.96. The Labute approximate surface area is 132 Å². The molecular formula is C18H25N3O. The number of nitrogens with one attached hydrogen (secondary N) is 1. The zero-order valence-electron chi connectivity index (χ0n) is 13.8. The van der Waals surface area contributed by atoms with Gasteiger partial charge in [0.15, 0.2) is 0 Å². The fourth-order valence-electron chi connectivity index (χ4n) is 2.92. The Morgan fingerprint density at radius 2 is 1.86 bits per heavy atom. The van der Waals surface area contributed by atoms with Crippen LogP contribution in [0.25, 0.3) is 0 Å². The van der Waals surface area contributed by atoms with E-state index in [0.29, 0.717) is 12.6 Å². The predicted octanol–water partition coefficient (Wildman–Crippen LogP) is 3.12. The summed E-state index contributed by atoms with van der Waals surface area (Å²) in [4.78, 5) is 12.4. The van der Waals surface area contributed by atoms with E-state index in [9.17, 15) is 4.79 Å². The molecule has 0 aliphatic carbocycles. The van der Waals surface area contributed by atoms with Crippen LogP contribution in [0.5, 0.6) is 0 Å². The highest BCUT2D eigenvalue weighted by Crippen LogP contribution is 2.20. The van der Waals surface area contributed by atoms with Crippen molar-refractivity contribution < 1.29 is 4.79 Å². The molecule has 1 heterocycles. The van der Waals surface area contributed by atoms with Crippen molar-refractivity contribution >= 4 is 5.91 Å². The average Bonchev–Trinajstić information content (AvgIpc) is 2.80. The number of hydrogen-bond donors (Lipinski definition) is 2. The molecular weight excluding hydrogens is 274 g/mol. The zero-order chi connectivity index (χ0) is 16.3. The van der Waals surface area contributed by atoms with Gasteiger partial charge in [0.05, 0.1) is 5.56 Å². The van der Waals surface area contributed by atoms with Crippen molar-refractivity contribution in [2.45, 2.75) is 39.8 Å². The second-order valence-corrected chi connectivity index (χ2v) is 5.98. The van der Waals surface area contributed by atoms with Crippen LogP contribution in [0, 0.1) is 13.8 Å². The minimum absolute atomic E-state index is 0.0635. The fraction of sp³-hybridized carbons (Fsp3) is 0.389. The van der Waals surface area contributed by atoms with Crippen LogP contribution >= 0.6 is 0 Å². The summed E-state index contributed by atoms with van der Waals surface area (Å²) in [5, 5.41) is 2.94. The zero-order valence-corrected chi connectivity index (χ0v) is 13.8. The molecule has 0 saturated heterocycles. The molecule has 4 heteroatoms. The van der Waals surface area contributed by atoms with Crippen molar-refractivity contribution in [1.82, 2.24) is 9.88 Å². The largest absolute Gasteiger partial charge is 0.350 e. The van der Waals surface area contributed by atoms with E-state index in [-0.39, 0.29) is 11.9 Å². The Morgan fingerprint density at radius 1 is 1.23 bits per heavy atom. The minimum Gasteiger partial charge on any atom is -0.350 e.